The standard InChI is InChI=1S/C34H25BrF3N3O6S2/c35-14-5-10-22(47-13-23(43)39-15-6-8-16(42)9-7-15)17(11-14)24-25-18-12-19(28(25)48-30-29(24)49-33(46)40-30)27-26(18)31(44)41(32(27)45)21-4-2-1-3-20(21)34(36,37)38/h1-11,18-19,24-28,42H,12-13H2,(H,39,43)(H,40,46)/t18-,19-,24-,25?,26?,27?,28?/m1/s1. The minimum absolute atomic E-state index is 0.0542. The number of fused-ring (bicyclic) bond motifs is 9. The number of hydrogen-bond donors (Lipinski definition) is 3. The average molecular weight is 773 g/mol. The molecular weight excluding hydrogens is 747 g/mol. The van der Waals surface area contributed by atoms with Crippen molar-refractivity contribution in [2.24, 2.45) is 29.6 Å². The first-order chi connectivity index (χ1) is 23.4. The Bertz CT molecular complexity index is 2090. The van der Waals surface area contributed by atoms with E-state index in [2.05, 4.69) is 26.2 Å². The largest absolute Gasteiger partial charge is 0.508 e. The Labute approximate surface area is 293 Å². The summed E-state index contributed by atoms with van der Waals surface area (Å²) in [6, 6.07) is 16.0. The molecule has 3 fully saturated rings. The molecule has 4 aromatic rings. The minimum Gasteiger partial charge on any atom is -0.508 e. The Hall–Kier alpha value is -4.08. The van der Waals surface area contributed by atoms with Crippen LogP contribution in [0, 0.1) is 29.6 Å². The van der Waals surface area contributed by atoms with Gasteiger partial charge in [0.05, 0.1) is 28.1 Å². The SMILES string of the molecule is O=C(COc1ccc(Br)cc1[C@H]1c2sc(=O)[nH]c2SC2C1[C@H]1C[C@@H]2C2C(=O)N(c3ccccc3C(F)(F)F)C(=O)C21)Nc1ccc(O)cc1. The number of aromatic hydroxyl groups is 1. The second-order valence-corrected chi connectivity index (χ2v) is 15.7. The van der Waals surface area contributed by atoms with E-state index in [0.29, 0.717) is 32.9 Å². The highest BCUT2D eigenvalue weighted by molar-refractivity contribution is 9.10. The fourth-order valence-electron chi connectivity index (χ4n) is 8.29. The maximum absolute atomic E-state index is 14.1. The molecule has 252 valence electrons. The molecule has 1 saturated heterocycles. The number of ether oxygens (including phenoxy) is 1. The number of benzene rings is 3. The van der Waals surface area contributed by atoms with Crippen molar-refractivity contribution < 1.29 is 37.4 Å². The lowest BCUT2D eigenvalue weighted by atomic mass is 9.68. The molecule has 2 aliphatic heterocycles. The number of H-pyrrole nitrogens is 1. The molecule has 15 heteroatoms. The molecular formula is C34H25BrF3N3O6S2. The number of nitrogens with zero attached hydrogens (tertiary/aromatic N) is 1. The van der Waals surface area contributed by atoms with Crippen molar-refractivity contribution in [3.8, 4) is 11.5 Å². The van der Waals surface area contributed by atoms with Gasteiger partial charge in [0.15, 0.2) is 6.61 Å². The van der Waals surface area contributed by atoms with Crippen LogP contribution >= 0.6 is 39.0 Å². The van der Waals surface area contributed by atoms with E-state index >= 15 is 0 Å². The minimum atomic E-state index is -4.76. The van der Waals surface area contributed by atoms with E-state index in [1.54, 1.807) is 24.3 Å². The Morgan fingerprint density at radius 2 is 1.73 bits per heavy atom. The number of phenols is 1. The third-order valence-electron chi connectivity index (χ3n) is 9.99. The normalized spacial score (nSPS) is 26.8. The Morgan fingerprint density at radius 3 is 2.47 bits per heavy atom. The van der Waals surface area contributed by atoms with Gasteiger partial charge in [-0.2, -0.15) is 13.2 Å². The van der Waals surface area contributed by atoms with Crippen LogP contribution in [0.2, 0.25) is 0 Å². The number of carbonyl (C=O) groups excluding carboxylic acids is 3. The summed E-state index contributed by atoms with van der Waals surface area (Å²) in [5.74, 6) is -4.23. The molecule has 3 amide bonds. The van der Waals surface area contributed by atoms with Crippen molar-refractivity contribution in [2.75, 3.05) is 16.8 Å². The second kappa shape index (κ2) is 11.8. The first kappa shape index (κ1) is 32.1. The fraction of sp³-hybridized carbons (Fsp3) is 0.294. The number of thioether (sulfide) groups is 1. The van der Waals surface area contributed by atoms with Gasteiger partial charge >= 0.3 is 11.0 Å². The van der Waals surface area contributed by atoms with E-state index in [1.165, 1.54) is 36.0 Å². The van der Waals surface area contributed by atoms with Gasteiger partial charge in [-0.15, -0.1) is 11.8 Å². The van der Waals surface area contributed by atoms with Gasteiger partial charge in [-0.3, -0.25) is 19.2 Å². The van der Waals surface area contributed by atoms with E-state index in [0.717, 1.165) is 33.2 Å². The number of nitrogens with one attached hydrogen (secondary N) is 2. The van der Waals surface area contributed by atoms with Crippen molar-refractivity contribution in [1.29, 1.82) is 0 Å². The molecule has 0 radical (unpaired) electrons. The van der Waals surface area contributed by atoms with Crippen molar-refractivity contribution >= 4 is 68.1 Å². The van der Waals surface area contributed by atoms with Crippen LogP contribution in [-0.4, -0.2) is 39.7 Å². The van der Waals surface area contributed by atoms with E-state index in [-0.39, 0.29) is 40.2 Å². The first-order valence-electron chi connectivity index (χ1n) is 15.4. The predicted octanol–water partition coefficient (Wildman–Crippen LogP) is 6.62. The van der Waals surface area contributed by atoms with Gasteiger partial charge in [-0.1, -0.05) is 39.4 Å². The van der Waals surface area contributed by atoms with E-state index in [4.69, 9.17) is 4.74 Å². The van der Waals surface area contributed by atoms with Crippen LogP contribution in [0.4, 0.5) is 24.5 Å². The third kappa shape index (κ3) is 5.28. The summed E-state index contributed by atoms with van der Waals surface area (Å²) in [5.41, 5.74) is -0.351. The summed E-state index contributed by atoms with van der Waals surface area (Å²) < 4.78 is 48.9. The highest BCUT2D eigenvalue weighted by atomic mass is 79.9. The molecule has 2 bridgehead atoms. The van der Waals surface area contributed by atoms with Gasteiger partial charge in [-0.05, 0) is 78.8 Å². The molecule has 8 rings (SSSR count). The van der Waals surface area contributed by atoms with Crippen molar-refractivity contribution in [2.45, 2.75) is 28.8 Å². The van der Waals surface area contributed by atoms with Crippen molar-refractivity contribution in [1.82, 2.24) is 4.98 Å². The van der Waals surface area contributed by atoms with Gasteiger partial charge in [-0.25, -0.2) is 4.90 Å². The van der Waals surface area contributed by atoms with Crippen LogP contribution in [-0.2, 0) is 20.6 Å². The average Bonchev–Trinajstić information content (AvgIpc) is 3.80. The summed E-state index contributed by atoms with van der Waals surface area (Å²) in [4.78, 5) is 57.8. The zero-order chi connectivity index (χ0) is 34.4. The fourth-order valence-corrected chi connectivity index (χ4v) is 11.5. The molecule has 3 aromatic carbocycles. The highest BCUT2D eigenvalue weighted by Crippen LogP contribution is 2.69. The van der Waals surface area contributed by atoms with Gasteiger partial charge < -0.3 is 20.1 Å². The number of anilines is 2. The van der Waals surface area contributed by atoms with Crippen LogP contribution < -0.4 is 19.8 Å². The molecule has 4 unspecified atom stereocenters. The van der Waals surface area contributed by atoms with E-state index in [1.807, 2.05) is 6.07 Å². The summed E-state index contributed by atoms with van der Waals surface area (Å²) in [6.45, 7) is -0.349. The molecule has 2 aliphatic carbocycles. The number of hydrogen-bond acceptors (Lipinski definition) is 8. The molecule has 49 heavy (non-hydrogen) atoms. The molecule has 7 atom stereocenters. The molecule has 9 nitrogen and oxygen atoms in total. The second-order valence-electron chi connectivity index (χ2n) is 12.6. The number of halogens is 4. The quantitative estimate of drug-likeness (QED) is 0.149. The Balaban J connectivity index is 1.15. The summed E-state index contributed by atoms with van der Waals surface area (Å²) in [5, 5.41) is 12.7. The van der Waals surface area contributed by atoms with Gasteiger partial charge in [0.1, 0.15) is 11.5 Å². The molecule has 1 aromatic heterocycles. The topological polar surface area (TPSA) is 129 Å². The number of aromatic nitrogens is 1. The number of amides is 3. The summed E-state index contributed by atoms with van der Waals surface area (Å²) in [7, 11) is 0. The van der Waals surface area contributed by atoms with Crippen LogP contribution in [0.1, 0.15) is 28.3 Å². The number of carbonyl (C=O) groups is 3. The summed E-state index contributed by atoms with van der Waals surface area (Å²) >= 11 is 6.05. The summed E-state index contributed by atoms with van der Waals surface area (Å²) in [6.07, 6.45) is -4.22. The van der Waals surface area contributed by atoms with Crippen LogP contribution in [0.25, 0.3) is 0 Å². The predicted molar refractivity (Wildman–Crippen MR) is 179 cm³/mol. The van der Waals surface area contributed by atoms with Crippen LogP contribution in [0.3, 0.4) is 0 Å². The van der Waals surface area contributed by atoms with Crippen molar-refractivity contribution in [3.63, 3.8) is 0 Å². The number of phenolic OH excluding ortho intramolecular Hbond substituents is 1. The molecule has 3 N–H and O–H groups in total. The van der Waals surface area contributed by atoms with E-state index < -0.39 is 52.9 Å². The number of aromatic amines is 1. The highest BCUT2D eigenvalue weighted by Gasteiger charge is 2.70. The first-order valence-corrected chi connectivity index (χ1v) is 17.8. The third-order valence-corrected chi connectivity index (χ3v) is 13.1. The maximum atomic E-state index is 14.1. The van der Waals surface area contributed by atoms with E-state index in [9.17, 15) is 37.5 Å². The molecule has 3 heterocycles. The number of imide groups is 1. The number of alkyl halides is 3. The Morgan fingerprint density at radius 1 is 1.02 bits per heavy atom. The molecule has 4 aliphatic rings. The van der Waals surface area contributed by atoms with Gasteiger partial charge in [0, 0.05) is 31.8 Å². The van der Waals surface area contributed by atoms with Crippen molar-refractivity contribution in [3.05, 3.63) is 96.9 Å². The molecule has 0 spiro atoms. The maximum Gasteiger partial charge on any atom is 0.418 e. The number of thiazole rings is 1. The number of rotatable bonds is 6. The smallest absolute Gasteiger partial charge is 0.418 e. The van der Waals surface area contributed by atoms with Gasteiger partial charge in [0.2, 0.25) is 11.8 Å². The lowest BCUT2D eigenvalue weighted by Gasteiger charge is -2.43. The lowest BCUT2D eigenvalue weighted by Crippen LogP contribution is -2.42. The zero-order valence-electron chi connectivity index (χ0n) is 25.1. The van der Waals surface area contributed by atoms with Gasteiger partial charge in [0.25, 0.3) is 5.91 Å². The van der Waals surface area contributed by atoms with Crippen LogP contribution in [0.5, 0.6) is 11.5 Å². The van der Waals surface area contributed by atoms with Crippen LogP contribution in [0.15, 0.2) is 81.0 Å². The number of para-hydroxylation sites is 1. The Kier molecular flexibility index (Phi) is 7.72. The lowest BCUT2D eigenvalue weighted by molar-refractivity contribution is -0.137. The molecule has 2 saturated carbocycles. The monoisotopic (exact) mass is 771 g/mol. The zero-order valence-corrected chi connectivity index (χ0v) is 28.3.